The van der Waals surface area contributed by atoms with Gasteiger partial charge in [0, 0.05) is 6.54 Å². The molecule has 2 heteroatoms. The largest absolute Gasteiger partial charge is 0.306 e. The minimum atomic E-state index is -0.141. The molecule has 0 amide bonds. The Balaban J connectivity index is 2.63. The first-order valence-electron chi connectivity index (χ1n) is 4.87. The first-order chi connectivity index (χ1) is 5.62. The summed E-state index contributed by atoms with van der Waals surface area (Å²) >= 11 is 0. The number of rotatable bonds is 2. The smallest absolute Gasteiger partial charge is 0.0928 e. The molecule has 1 saturated heterocycles. The summed E-state index contributed by atoms with van der Waals surface area (Å²) in [6.45, 7) is 6.36. The third kappa shape index (κ3) is 1.79. The molecule has 0 N–H and O–H groups in total. The van der Waals surface area contributed by atoms with Crippen LogP contribution in [-0.4, -0.2) is 31.7 Å². The Hall–Kier alpha value is -0.110. The van der Waals surface area contributed by atoms with Gasteiger partial charge in [-0.25, -0.2) is 0 Å². The second-order valence-corrected chi connectivity index (χ2v) is 4.39. The Morgan fingerprint density at radius 1 is 1.58 bits per heavy atom. The topological polar surface area (TPSA) is 3.24 Å². The van der Waals surface area contributed by atoms with E-state index in [0.29, 0.717) is 5.92 Å². The van der Waals surface area contributed by atoms with Gasteiger partial charge in [-0.15, -0.1) is 0 Å². The van der Waals surface area contributed by atoms with Crippen molar-refractivity contribution in [3.8, 4) is 0 Å². The number of alkyl halides is 1. The molecule has 0 aromatic heterocycles. The van der Waals surface area contributed by atoms with Gasteiger partial charge < -0.3 is 4.90 Å². The highest BCUT2D eigenvalue weighted by atomic mass is 19.1. The first-order valence-corrected chi connectivity index (χ1v) is 4.87. The highest BCUT2D eigenvalue weighted by Gasteiger charge is 2.36. The Kier molecular flexibility index (Phi) is 3.10. The van der Waals surface area contributed by atoms with E-state index in [0.717, 1.165) is 25.9 Å². The van der Waals surface area contributed by atoms with Gasteiger partial charge in [0.1, 0.15) is 0 Å². The van der Waals surface area contributed by atoms with Gasteiger partial charge in [-0.3, -0.25) is 4.39 Å². The summed E-state index contributed by atoms with van der Waals surface area (Å²) in [4.78, 5) is 2.32. The number of nitrogens with zero attached hydrogens (tertiary/aromatic N) is 1. The van der Waals surface area contributed by atoms with E-state index in [9.17, 15) is 4.39 Å². The van der Waals surface area contributed by atoms with Crippen molar-refractivity contribution < 1.29 is 4.39 Å². The average Bonchev–Trinajstić information content (AvgIpc) is 2.05. The van der Waals surface area contributed by atoms with Gasteiger partial charge in [0.15, 0.2) is 0 Å². The summed E-state index contributed by atoms with van der Waals surface area (Å²) in [5.41, 5.74) is 0.210. The number of likely N-dealkylation sites (tertiary alicyclic amines) is 1. The minimum Gasteiger partial charge on any atom is -0.306 e. The van der Waals surface area contributed by atoms with E-state index in [2.05, 4.69) is 25.8 Å². The van der Waals surface area contributed by atoms with Crippen molar-refractivity contribution in [2.45, 2.75) is 26.7 Å². The monoisotopic (exact) mass is 173 g/mol. The molecule has 2 atom stereocenters. The van der Waals surface area contributed by atoms with Crippen LogP contribution in [0.1, 0.15) is 26.7 Å². The third-order valence-corrected chi connectivity index (χ3v) is 3.47. The van der Waals surface area contributed by atoms with Gasteiger partial charge in [0.2, 0.25) is 0 Å². The summed E-state index contributed by atoms with van der Waals surface area (Å²) in [5, 5.41) is 0. The van der Waals surface area contributed by atoms with E-state index < -0.39 is 0 Å². The van der Waals surface area contributed by atoms with Crippen molar-refractivity contribution in [2.24, 2.45) is 11.3 Å². The van der Waals surface area contributed by atoms with Crippen LogP contribution in [0.3, 0.4) is 0 Å². The normalized spacial score (nSPS) is 38.5. The minimum absolute atomic E-state index is 0.141. The molecule has 12 heavy (non-hydrogen) atoms. The fourth-order valence-electron chi connectivity index (χ4n) is 2.21. The molecule has 0 bridgehead atoms. The molecule has 1 fully saturated rings. The molecule has 0 saturated carbocycles. The van der Waals surface area contributed by atoms with Crippen LogP contribution >= 0.6 is 0 Å². The molecule has 0 unspecified atom stereocenters. The lowest BCUT2D eigenvalue weighted by molar-refractivity contribution is 0.0373. The van der Waals surface area contributed by atoms with Crippen LogP contribution in [0.25, 0.3) is 0 Å². The second kappa shape index (κ2) is 3.73. The van der Waals surface area contributed by atoms with Crippen LogP contribution in [-0.2, 0) is 0 Å². The van der Waals surface area contributed by atoms with Crippen molar-refractivity contribution in [2.75, 3.05) is 26.8 Å². The maximum atomic E-state index is 12.7. The molecule has 1 aliphatic rings. The first kappa shape index (κ1) is 9.97. The van der Waals surface area contributed by atoms with Crippen LogP contribution < -0.4 is 0 Å². The number of hydrogen-bond acceptors (Lipinski definition) is 1. The zero-order valence-corrected chi connectivity index (χ0v) is 8.44. The van der Waals surface area contributed by atoms with Crippen LogP contribution in [0.5, 0.6) is 0 Å². The van der Waals surface area contributed by atoms with Crippen molar-refractivity contribution in [1.82, 2.24) is 4.90 Å². The van der Waals surface area contributed by atoms with Crippen molar-refractivity contribution >= 4 is 0 Å². The number of piperidine rings is 1. The molecule has 0 radical (unpaired) electrons. The molecular weight excluding hydrogens is 153 g/mol. The average molecular weight is 173 g/mol. The molecule has 0 aliphatic carbocycles. The SMILES string of the molecule is CC[C@]1(C)CN(C)CC[C@@H]1CF. The number of halogens is 1. The zero-order chi connectivity index (χ0) is 9.19. The standard InChI is InChI=1S/C10H20FN/c1-4-10(2)8-12(3)6-5-9(10)7-11/h9H,4-8H2,1-3H3/t9-,10-/m1/s1. The maximum Gasteiger partial charge on any atom is 0.0928 e. The summed E-state index contributed by atoms with van der Waals surface area (Å²) in [6, 6.07) is 0. The lowest BCUT2D eigenvalue weighted by Crippen LogP contribution is -2.46. The Morgan fingerprint density at radius 2 is 2.25 bits per heavy atom. The van der Waals surface area contributed by atoms with Gasteiger partial charge >= 0.3 is 0 Å². The van der Waals surface area contributed by atoms with E-state index >= 15 is 0 Å². The number of hydrogen-bond donors (Lipinski definition) is 0. The quantitative estimate of drug-likeness (QED) is 0.619. The Bertz CT molecular complexity index is 149. The van der Waals surface area contributed by atoms with E-state index in [1.807, 2.05) is 0 Å². The van der Waals surface area contributed by atoms with Crippen molar-refractivity contribution in [3.05, 3.63) is 0 Å². The fraction of sp³-hybridized carbons (Fsp3) is 1.00. The molecule has 1 aliphatic heterocycles. The van der Waals surface area contributed by atoms with E-state index in [4.69, 9.17) is 0 Å². The third-order valence-electron chi connectivity index (χ3n) is 3.47. The summed E-state index contributed by atoms with van der Waals surface area (Å²) < 4.78 is 12.7. The van der Waals surface area contributed by atoms with Crippen molar-refractivity contribution in [3.63, 3.8) is 0 Å². The Morgan fingerprint density at radius 3 is 2.75 bits per heavy atom. The lowest BCUT2D eigenvalue weighted by Gasteiger charge is -2.43. The molecule has 1 rings (SSSR count). The van der Waals surface area contributed by atoms with Crippen LogP contribution in [0.4, 0.5) is 4.39 Å². The zero-order valence-electron chi connectivity index (χ0n) is 8.44. The van der Waals surface area contributed by atoms with Gasteiger partial charge in [0.25, 0.3) is 0 Å². The predicted molar refractivity (Wildman–Crippen MR) is 50.0 cm³/mol. The maximum absolute atomic E-state index is 12.7. The van der Waals surface area contributed by atoms with E-state index in [-0.39, 0.29) is 12.1 Å². The summed E-state index contributed by atoms with van der Waals surface area (Å²) in [6.07, 6.45) is 2.11. The van der Waals surface area contributed by atoms with Crippen LogP contribution in [0, 0.1) is 11.3 Å². The Labute approximate surface area is 74.9 Å². The highest BCUT2D eigenvalue weighted by molar-refractivity contribution is 4.88. The van der Waals surface area contributed by atoms with Gasteiger partial charge in [-0.05, 0) is 37.8 Å². The van der Waals surface area contributed by atoms with E-state index in [1.165, 1.54) is 0 Å². The molecule has 0 aromatic rings. The lowest BCUT2D eigenvalue weighted by atomic mass is 9.71. The molecule has 1 nitrogen and oxygen atoms in total. The second-order valence-electron chi connectivity index (χ2n) is 4.39. The fourth-order valence-corrected chi connectivity index (χ4v) is 2.21. The van der Waals surface area contributed by atoms with Crippen molar-refractivity contribution in [1.29, 1.82) is 0 Å². The van der Waals surface area contributed by atoms with Gasteiger partial charge in [-0.2, -0.15) is 0 Å². The molecule has 1 heterocycles. The summed E-state index contributed by atoms with van der Waals surface area (Å²) in [7, 11) is 2.13. The predicted octanol–water partition coefficient (Wildman–Crippen LogP) is 2.32. The van der Waals surface area contributed by atoms with Gasteiger partial charge in [-0.1, -0.05) is 13.8 Å². The highest BCUT2D eigenvalue weighted by Crippen LogP contribution is 2.37. The molecule has 0 aromatic carbocycles. The van der Waals surface area contributed by atoms with Crippen LogP contribution in [0.15, 0.2) is 0 Å². The molecular formula is C10H20FN. The van der Waals surface area contributed by atoms with Crippen LogP contribution in [0.2, 0.25) is 0 Å². The molecule has 0 spiro atoms. The van der Waals surface area contributed by atoms with E-state index in [1.54, 1.807) is 0 Å². The summed E-state index contributed by atoms with van der Waals surface area (Å²) in [5.74, 6) is 0.290. The molecule has 72 valence electrons. The van der Waals surface area contributed by atoms with Gasteiger partial charge in [0.05, 0.1) is 6.67 Å².